The summed E-state index contributed by atoms with van der Waals surface area (Å²) in [4.78, 5) is 26.0. The van der Waals surface area contributed by atoms with Crippen LogP contribution < -0.4 is 0 Å². The molecule has 1 N–H and O–H groups in total. The third-order valence-corrected chi connectivity index (χ3v) is 3.43. The molecule has 0 unspecified atom stereocenters. The number of urea groups is 1. The number of hydrogen-bond acceptors (Lipinski definition) is 2. The fraction of sp³-hybridized carbons (Fsp3) is 0.800. The minimum absolute atomic E-state index is 0.0165. The van der Waals surface area contributed by atoms with Gasteiger partial charge in [0, 0.05) is 26.2 Å². The quantitative estimate of drug-likeness (QED) is 0.692. The summed E-state index contributed by atoms with van der Waals surface area (Å²) >= 11 is 0. The predicted molar refractivity (Wildman–Crippen MR) is 53.5 cm³/mol. The van der Waals surface area contributed by atoms with Gasteiger partial charge in [0.1, 0.15) is 0 Å². The molecular weight excluding hydrogens is 196 g/mol. The van der Waals surface area contributed by atoms with Crippen LogP contribution in [0.3, 0.4) is 0 Å². The number of carbonyl (C=O) groups is 2. The molecule has 0 aromatic carbocycles. The van der Waals surface area contributed by atoms with Crippen LogP contribution in [0.15, 0.2) is 0 Å². The molecule has 2 fully saturated rings. The van der Waals surface area contributed by atoms with Gasteiger partial charge in [-0.3, -0.25) is 4.79 Å². The van der Waals surface area contributed by atoms with Crippen LogP contribution >= 0.6 is 0 Å². The number of hydrogen-bond donors (Lipinski definition) is 1. The summed E-state index contributed by atoms with van der Waals surface area (Å²) in [6.45, 7) is 1.17. The highest BCUT2D eigenvalue weighted by atomic mass is 16.4. The van der Waals surface area contributed by atoms with Crippen molar-refractivity contribution in [3.05, 3.63) is 0 Å². The standard InChI is InChI=1S/C10H16N2O3/c1-11-5-4-8-3-2-7(9(13)14)6-12(8)10(11)15/h7-8H,2-6H2,1H3,(H,13,14)/t7-,8-/m1/s1. The van der Waals surface area contributed by atoms with Crippen molar-refractivity contribution >= 4 is 12.0 Å². The lowest BCUT2D eigenvalue weighted by molar-refractivity contribution is -0.143. The Balaban J connectivity index is 2.08. The molecule has 2 rings (SSSR count). The molecule has 0 aliphatic carbocycles. The first-order valence-electron chi connectivity index (χ1n) is 5.34. The number of aliphatic carboxylic acids is 1. The van der Waals surface area contributed by atoms with E-state index in [0.29, 0.717) is 13.0 Å². The van der Waals surface area contributed by atoms with Crippen molar-refractivity contribution in [3.8, 4) is 0 Å². The van der Waals surface area contributed by atoms with Crippen LogP contribution in [0, 0.1) is 5.92 Å². The van der Waals surface area contributed by atoms with E-state index >= 15 is 0 Å². The van der Waals surface area contributed by atoms with Gasteiger partial charge in [-0.15, -0.1) is 0 Å². The number of nitrogens with zero attached hydrogens (tertiary/aromatic N) is 2. The molecule has 5 heteroatoms. The van der Waals surface area contributed by atoms with Crippen LogP contribution in [0.25, 0.3) is 0 Å². The van der Waals surface area contributed by atoms with E-state index in [-0.39, 0.29) is 18.0 Å². The fourth-order valence-corrected chi connectivity index (χ4v) is 2.42. The number of carbonyl (C=O) groups excluding carboxylic acids is 1. The molecule has 2 amide bonds. The van der Waals surface area contributed by atoms with E-state index in [2.05, 4.69) is 0 Å². The highest BCUT2D eigenvalue weighted by molar-refractivity contribution is 5.77. The van der Waals surface area contributed by atoms with Crippen LogP contribution in [0.5, 0.6) is 0 Å². The Labute approximate surface area is 88.6 Å². The maximum absolute atomic E-state index is 11.8. The molecule has 2 saturated heterocycles. The summed E-state index contributed by atoms with van der Waals surface area (Å²) in [5.74, 6) is -1.16. The highest BCUT2D eigenvalue weighted by Crippen LogP contribution is 2.28. The summed E-state index contributed by atoms with van der Waals surface area (Å²) in [7, 11) is 1.77. The number of fused-ring (bicyclic) bond motifs is 1. The number of piperidine rings is 1. The van der Waals surface area contributed by atoms with Gasteiger partial charge in [-0.2, -0.15) is 0 Å². The molecule has 2 aliphatic heterocycles. The lowest BCUT2D eigenvalue weighted by Crippen LogP contribution is -2.57. The van der Waals surface area contributed by atoms with E-state index in [9.17, 15) is 9.59 Å². The summed E-state index contributed by atoms with van der Waals surface area (Å²) in [5.41, 5.74) is 0. The number of carboxylic acid groups (broad SMARTS) is 1. The predicted octanol–water partition coefficient (Wildman–Crippen LogP) is 0.607. The van der Waals surface area contributed by atoms with Crippen molar-refractivity contribution in [2.45, 2.75) is 25.3 Å². The van der Waals surface area contributed by atoms with E-state index in [1.54, 1.807) is 16.8 Å². The molecule has 0 spiro atoms. The Hall–Kier alpha value is -1.26. The van der Waals surface area contributed by atoms with Gasteiger partial charge in [0.15, 0.2) is 0 Å². The summed E-state index contributed by atoms with van der Waals surface area (Å²) in [6.07, 6.45) is 2.50. The van der Waals surface area contributed by atoms with Gasteiger partial charge >= 0.3 is 12.0 Å². The average Bonchev–Trinajstić information content (AvgIpc) is 2.23. The number of rotatable bonds is 1. The lowest BCUT2D eigenvalue weighted by atomic mass is 9.90. The molecule has 0 aromatic heterocycles. The van der Waals surface area contributed by atoms with Gasteiger partial charge < -0.3 is 14.9 Å². The Bertz CT molecular complexity index is 292. The SMILES string of the molecule is CN1CC[C@H]2CC[C@@H](C(=O)O)CN2C1=O. The smallest absolute Gasteiger partial charge is 0.320 e. The van der Waals surface area contributed by atoms with Crippen LogP contribution in [-0.2, 0) is 4.79 Å². The zero-order valence-corrected chi connectivity index (χ0v) is 8.85. The zero-order valence-electron chi connectivity index (χ0n) is 8.85. The average molecular weight is 212 g/mol. The van der Waals surface area contributed by atoms with Gasteiger partial charge in [-0.05, 0) is 19.3 Å². The minimum Gasteiger partial charge on any atom is -0.481 e. The maximum atomic E-state index is 11.8. The van der Waals surface area contributed by atoms with Gasteiger partial charge in [-0.25, -0.2) is 4.79 Å². The first-order chi connectivity index (χ1) is 7.09. The minimum atomic E-state index is -0.783. The summed E-state index contributed by atoms with van der Waals surface area (Å²) < 4.78 is 0. The molecule has 0 saturated carbocycles. The molecule has 2 atom stereocenters. The van der Waals surface area contributed by atoms with Crippen molar-refractivity contribution < 1.29 is 14.7 Å². The monoisotopic (exact) mass is 212 g/mol. The molecule has 2 aliphatic rings. The number of amides is 2. The molecule has 2 heterocycles. The molecular formula is C10H16N2O3. The first kappa shape index (κ1) is 10.3. The fourth-order valence-electron chi connectivity index (χ4n) is 2.42. The Morgan fingerprint density at radius 3 is 2.80 bits per heavy atom. The lowest BCUT2D eigenvalue weighted by Gasteiger charge is -2.44. The van der Waals surface area contributed by atoms with Gasteiger partial charge in [0.2, 0.25) is 0 Å². The third kappa shape index (κ3) is 1.78. The first-order valence-corrected chi connectivity index (χ1v) is 5.34. The Morgan fingerprint density at radius 2 is 2.13 bits per heavy atom. The van der Waals surface area contributed by atoms with Crippen molar-refractivity contribution in [2.24, 2.45) is 5.92 Å². The normalized spacial score (nSPS) is 31.4. The maximum Gasteiger partial charge on any atom is 0.320 e. The van der Waals surface area contributed by atoms with Gasteiger partial charge in [0.05, 0.1) is 5.92 Å². The molecule has 15 heavy (non-hydrogen) atoms. The van der Waals surface area contributed by atoms with E-state index < -0.39 is 5.97 Å². The van der Waals surface area contributed by atoms with Crippen LogP contribution in [0.2, 0.25) is 0 Å². The second-order valence-electron chi connectivity index (χ2n) is 4.41. The van der Waals surface area contributed by atoms with E-state index in [4.69, 9.17) is 5.11 Å². The second-order valence-corrected chi connectivity index (χ2v) is 4.41. The van der Waals surface area contributed by atoms with Gasteiger partial charge in [0.25, 0.3) is 0 Å². The molecule has 0 bridgehead atoms. The Morgan fingerprint density at radius 1 is 1.40 bits per heavy atom. The summed E-state index contributed by atoms with van der Waals surface area (Å²) in [5, 5.41) is 8.93. The van der Waals surface area contributed by atoms with E-state index in [0.717, 1.165) is 19.4 Å². The van der Waals surface area contributed by atoms with Crippen molar-refractivity contribution in [1.29, 1.82) is 0 Å². The molecule has 84 valence electrons. The number of carboxylic acids is 1. The largest absolute Gasteiger partial charge is 0.481 e. The van der Waals surface area contributed by atoms with Crippen molar-refractivity contribution in [2.75, 3.05) is 20.1 Å². The van der Waals surface area contributed by atoms with E-state index in [1.807, 2.05) is 0 Å². The van der Waals surface area contributed by atoms with Crippen molar-refractivity contribution in [1.82, 2.24) is 9.80 Å². The van der Waals surface area contributed by atoms with Crippen molar-refractivity contribution in [3.63, 3.8) is 0 Å². The third-order valence-electron chi connectivity index (χ3n) is 3.43. The zero-order chi connectivity index (χ0) is 11.0. The van der Waals surface area contributed by atoms with Crippen LogP contribution in [0.4, 0.5) is 4.79 Å². The Kier molecular flexibility index (Phi) is 2.54. The second kappa shape index (κ2) is 3.72. The van der Waals surface area contributed by atoms with Crippen LogP contribution in [-0.4, -0.2) is 53.1 Å². The van der Waals surface area contributed by atoms with Gasteiger partial charge in [-0.1, -0.05) is 0 Å². The molecule has 0 radical (unpaired) electrons. The molecule has 0 aromatic rings. The van der Waals surface area contributed by atoms with E-state index in [1.165, 1.54) is 0 Å². The molecule has 5 nitrogen and oxygen atoms in total. The summed E-state index contributed by atoms with van der Waals surface area (Å²) in [6, 6.07) is 0.251. The van der Waals surface area contributed by atoms with Crippen LogP contribution in [0.1, 0.15) is 19.3 Å². The highest BCUT2D eigenvalue weighted by Gasteiger charge is 2.38. The topological polar surface area (TPSA) is 60.9 Å².